The van der Waals surface area contributed by atoms with Gasteiger partial charge in [-0.15, -0.1) is 0 Å². The van der Waals surface area contributed by atoms with Gasteiger partial charge in [0.1, 0.15) is 0 Å². The molecule has 76 valence electrons. The summed E-state index contributed by atoms with van der Waals surface area (Å²) in [4.78, 5) is 0. The van der Waals surface area contributed by atoms with Crippen molar-refractivity contribution in [3.8, 4) is 0 Å². The second kappa shape index (κ2) is 4.14. The van der Waals surface area contributed by atoms with Crippen LogP contribution in [0.5, 0.6) is 0 Å². The summed E-state index contributed by atoms with van der Waals surface area (Å²) >= 11 is 0. The lowest BCUT2D eigenvalue weighted by molar-refractivity contribution is -0.0642. The molecule has 1 heterocycles. The molecule has 1 aliphatic heterocycles. The van der Waals surface area contributed by atoms with Crippen molar-refractivity contribution >= 4 is 0 Å². The van der Waals surface area contributed by atoms with E-state index in [1.54, 1.807) is 0 Å². The first-order valence-electron chi connectivity index (χ1n) is 5.46. The zero-order valence-electron chi connectivity index (χ0n) is 8.83. The molecule has 0 bridgehead atoms. The van der Waals surface area contributed by atoms with E-state index in [4.69, 9.17) is 4.74 Å². The fraction of sp³-hybridized carbons (Fsp3) is 0.538. The van der Waals surface area contributed by atoms with Crippen molar-refractivity contribution in [1.29, 1.82) is 0 Å². The van der Waals surface area contributed by atoms with E-state index in [1.807, 2.05) is 0 Å². The van der Waals surface area contributed by atoms with Crippen LogP contribution in [0.4, 0.5) is 0 Å². The number of hydrogen-bond donors (Lipinski definition) is 0. The van der Waals surface area contributed by atoms with Crippen molar-refractivity contribution in [2.75, 3.05) is 6.61 Å². The van der Waals surface area contributed by atoms with Gasteiger partial charge in [0, 0.05) is 13.0 Å². The summed E-state index contributed by atoms with van der Waals surface area (Å²) in [5.41, 5.74) is 1.47. The standard InChI is InChI=1S/C13H18O/c1-13(9-5-6-10-14-13)11-12-7-3-2-4-8-12/h2-4,7-8H,5-6,9-11H2,1H3. The second-order valence-electron chi connectivity index (χ2n) is 4.42. The fourth-order valence-corrected chi connectivity index (χ4v) is 2.16. The van der Waals surface area contributed by atoms with Gasteiger partial charge in [-0.25, -0.2) is 0 Å². The molecule has 1 aromatic rings. The molecule has 0 N–H and O–H groups in total. The minimum absolute atomic E-state index is 0.0829. The van der Waals surface area contributed by atoms with Gasteiger partial charge < -0.3 is 4.74 Å². The first-order chi connectivity index (χ1) is 6.79. The molecule has 1 atom stereocenters. The molecular formula is C13H18O. The van der Waals surface area contributed by atoms with E-state index in [0.29, 0.717) is 0 Å². The van der Waals surface area contributed by atoms with Gasteiger partial charge in [0.2, 0.25) is 0 Å². The van der Waals surface area contributed by atoms with Gasteiger partial charge in [-0.1, -0.05) is 30.3 Å². The molecule has 1 unspecified atom stereocenters. The average Bonchev–Trinajstić information content (AvgIpc) is 2.19. The lowest BCUT2D eigenvalue weighted by Crippen LogP contribution is -2.35. The Morgan fingerprint density at radius 2 is 2.00 bits per heavy atom. The van der Waals surface area contributed by atoms with Gasteiger partial charge in [-0.2, -0.15) is 0 Å². The molecule has 1 fully saturated rings. The van der Waals surface area contributed by atoms with Crippen molar-refractivity contribution < 1.29 is 4.74 Å². The Bertz CT molecular complexity index is 273. The highest BCUT2D eigenvalue weighted by Gasteiger charge is 2.27. The Hall–Kier alpha value is -0.820. The van der Waals surface area contributed by atoms with Gasteiger partial charge in [-0.05, 0) is 31.7 Å². The first-order valence-corrected chi connectivity index (χ1v) is 5.46. The largest absolute Gasteiger partial charge is 0.375 e. The van der Waals surface area contributed by atoms with Crippen LogP contribution in [0, 0.1) is 0 Å². The summed E-state index contributed by atoms with van der Waals surface area (Å²) in [6.45, 7) is 3.17. The molecular weight excluding hydrogens is 172 g/mol. The predicted octanol–water partition coefficient (Wildman–Crippen LogP) is 3.19. The van der Waals surface area contributed by atoms with Crippen molar-refractivity contribution in [3.05, 3.63) is 35.9 Å². The number of rotatable bonds is 2. The molecule has 0 amide bonds. The zero-order valence-corrected chi connectivity index (χ0v) is 8.83. The highest BCUT2D eigenvalue weighted by Crippen LogP contribution is 2.27. The molecule has 14 heavy (non-hydrogen) atoms. The van der Waals surface area contributed by atoms with Crippen LogP contribution in [-0.2, 0) is 11.2 Å². The van der Waals surface area contributed by atoms with Crippen molar-refractivity contribution in [2.24, 2.45) is 0 Å². The van der Waals surface area contributed by atoms with Crippen LogP contribution in [-0.4, -0.2) is 12.2 Å². The maximum absolute atomic E-state index is 5.87. The van der Waals surface area contributed by atoms with E-state index in [2.05, 4.69) is 37.3 Å². The molecule has 2 rings (SSSR count). The smallest absolute Gasteiger partial charge is 0.0694 e. The molecule has 0 radical (unpaired) electrons. The maximum atomic E-state index is 5.87. The topological polar surface area (TPSA) is 9.23 Å². The zero-order chi connectivity index (χ0) is 9.86. The van der Waals surface area contributed by atoms with Crippen LogP contribution < -0.4 is 0 Å². The van der Waals surface area contributed by atoms with Gasteiger partial charge in [0.05, 0.1) is 5.60 Å². The highest BCUT2D eigenvalue weighted by molar-refractivity contribution is 5.17. The fourth-order valence-electron chi connectivity index (χ4n) is 2.16. The summed E-state index contributed by atoms with van der Waals surface area (Å²) in [6, 6.07) is 10.6. The summed E-state index contributed by atoms with van der Waals surface area (Å²) in [7, 11) is 0. The minimum atomic E-state index is 0.0829. The third kappa shape index (κ3) is 2.36. The molecule has 1 aromatic carbocycles. The molecule has 0 aromatic heterocycles. The van der Waals surface area contributed by atoms with E-state index in [9.17, 15) is 0 Å². The number of hydrogen-bond acceptors (Lipinski definition) is 1. The van der Waals surface area contributed by atoms with Crippen molar-refractivity contribution in [1.82, 2.24) is 0 Å². The molecule has 0 aliphatic carbocycles. The predicted molar refractivity (Wildman–Crippen MR) is 58.4 cm³/mol. The Balaban J connectivity index is 2.02. The van der Waals surface area contributed by atoms with Crippen LogP contribution >= 0.6 is 0 Å². The van der Waals surface area contributed by atoms with Gasteiger partial charge in [0.15, 0.2) is 0 Å². The summed E-state index contributed by atoms with van der Waals surface area (Å²) in [5, 5.41) is 0. The third-order valence-corrected chi connectivity index (χ3v) is 2.97. The molecule has 0 spiro atoms. The van der Waals surface area contributed by atoms with Crippen LogP contribution in [0.1, 0.15) is 31.7 Å². The Labute approximate surface area is 86.1 Å². The number of benzene rings is 1. The van der Waals surface area contributed by atoms with E-state index < -0.39 is 0 Å². The Morgan fingerprint density at radius 1 is 1.21 bits per heavy atom. The van der Waals surface area contributed by atoms with Crippen molar-refractivity contribution in [2.45, 2.75) is 38.2 Å². The summed E-state index contributed by atoms with van der Waals surface area (Å²) in [6.07, 6.45) is 4.78. The quantitative estimate of drug-likeness (QED) is 0.696. The lowest BCUT2D eigenvalue weighted by atomic mass is 9.89. The average molecular weight is 190 g/mol. The molecule has 1 saturated heterocycles. The summed E-state index contributed by atoms with van der Waals surface area (Å²) < 4.78 is 5.87. The normalized spacial score (nSPS) is 27.5. The van der Waals surface area contributed by atoms with E-state index >= 15 is 0 Å². The SMILES string of the molecule is CC1(Cc2ccccc2)CCCCO1. The molecule has 1 aliphatic rings. The van der Waals surface area contributed by atoms with Gasteiger partial charge in [0.25, 0.3) is 0 Å². The van der Waals surface area contributed by atoms with E-state index in [1.165, 1.54) is 24.8 Å². The van der Waals surface area contributed by atoms with Crippen LogP contribution in [0.3, 0.4) is 0 Å². The molecule has 0 saturated carbocycles. The summed E-state index contributed by atoms with van der Waals surface area (Å²) in [5.74, 6) is 0. The highest BCUT2D eigenvalue weighted by atomic mass is 16.5. The van der Waals surface area contributed by atoms with Crippen LogP contribution in [0.15, 0.2) is 30.3 Å². The molecule has 1 heteroatoms. The van der Waals surface area contributed by atoms with Crippen molar-refractivity contribution in [3.63, 3.8) is 0 Å². The number of ether oxygens (including phenoxy) is 1. The van der Waals surface area contributed by atoms with Gasteiger partial charge in [-0.3, -0.25) is 0 Å². The second-order valence-corrected chi connectivity index (χ2v) is 4.42. The minimum Gasteiger partial charge on any atom is -0.375 e. The maximum Gasteiger partial charge on any atom is 0.0694 e. The van der Waals surface area contributed by atoms with E-state index in [-0.39, 0.29) is 5.60 Å². The Morgan fingerprint density at radius 3 is 2.64 bits per heavy atom. The van der Waals surface area contributed by atoms with Crippen LogP contribution in [0.2, 0.25) is 0 Å². The van der Waals surface area contributed by atoms with Gasteiger partial charge >= 0.3 is 0 Å². The first kappa shape index (κ1) is 9.72. The van der Waals surface area contributed by atoms with Crippen LogP contribution in [0.25, 0.3) is 0 Å². The lowest BCUT2D eigenvalue weighted by Gasteiger charge is -2.34. The van der Waals surface area contributed by atoms with E-state index in [0.717, 1.165) is 13.0 Å². The Kier molecular flexibility index (Phi) is 2.87. The third-order valence-electron chi connectivity index (χ3n) is 2.97. The molecule has 1 nitrogen and oxygen atoms in total. The monoisotopic (exact) mass is 190 g/mol.